The molecular weight excluding hydrogens is 280 g/mol. The van der Waals surface area contributed by atoms with Crippen LogP contribution < -0.4 is 5.32 Å². The number of benzene rings is 1. The van der Waals surface area contributed by atoms with E-state index >= 15 is 0 Å². The van der Waals surface area contributed by atoms with Gasteiger partial charge < -0.3 is 10.4 Å². The van der Waals surface area contributed by atoms with E-state index in [2.05, 4.69) is 21.2 Å². The Bertz CT molecular complexity index is 358. The second kappa shape index (κ2) is 5.70. The molecule has 0 aromatic heterocycles. The van der Waals surface area contributed by atoms with Gasteiger partial charge in [0.2, 0.25) is 0 Å². The van der Waals surface area contributed by atoms with Gasteiger partial charge in [-0.2, -0.15) is 0 Å². The molecule has 0 spiro atoms. The quantitative estimate of drug-likeness (QED) is 0.874. The molecule has 0 unspecified atom stereocenters. The molecule has 2 nitrogen and oxygen atoms in total. The van der Waals surface area contributed by atoms with E-state index in [0.29, 0.717) is 6.54 Å². The van der Waals surface area contributed by atoms with Gasteiger partial charge in [0, 0.05) is 11.0 Å². The fourth-order valence-electron chi connectivity index (χ4n) is 1.26. The van der Waals surface area contributed by atoms with Gasteiger partial charge in [0.15, 0.2) is 0 Å². The third-order valence-electron chi connectivity index (χ3n) is 2.17. The van der Waals surface area contributed by atoms with Crippen molar-refractivity contribution in [3.05, 3.63) is 33.8 Å². The van der Waals surface area contributed by atoms with E-state index in [9.17, 15) is 8.78 Å². The first-order chi connectivity index (χ1) is 7.44. The normalized spacial score (nSPS) is 11.8. The smallest absolute Gasteiger partial charge is 0.282 e. The summed E-state index contributed by atoms with van der Waals surface area (Å²) in [7, 11) is 0. The summed E-state index contributed by atoms with van der Waals surface area (Å²) >= 11 is 3.37. The highest BCUT2D eigenvalue weighted by atomic mass is 79.9. The fourth-order valence-corrected chi connectivity index (χ4v) is 1.51. The predicted octanol–water partition coefficient (Wildman–Crippen LogP) is 2.47. The lowest BCUT2D eigenvalue weighted by Crippen LogP contribution is -2.35. The lowest BCUT2D eigenvalue weighted by molar-refractivity contribution is -0.0477. The second-order valence-electron chi connectivity index (χ2n) is 3.70. The number of hydrogen-bond acceptors (Lipinski definition) is 2. The topological polar surface area (TPSA) is 32.3 Å². The van der Waals surface area contributed by atoms with Crippen molar-refractivity contribution in [2.75, 3.05) is 13.2 Å². The van der Waals surface area contributed by atoms with Crippen molar-refractivity contribution in [3.63, 3.8) is 0 Å². The van der Waals surface area contributed by atoms with Crippen LogP contribution in [-0.4, -0.2) is 24.2 Å². The molecule has 0 aliphatic carbocycles. The van der Waals surface area contributed by atoms with Gasteiger partial charge in [0.25, 0.3) is 5.92 Å². The summed E-state index contributed by atoms with van der Waals surface area (Å²) in [6.07, 6.45) is 0. The molecule has 0 bridgehead atoms. The predicted molar refractivity (Wildman–Crippen MR) is 62.6 cm³/mol. The SMILES string of the molecule is Cc1cc(CNCC(F)(F)CO)ccc1Br. The molecule has 2 N–H and O–H groups in total. The largest absolute Gasteiger partial charge is 0.390 e. The average Bonchev–Trinajstić information content (AvgIpc) is 2.23. The molecule has 16 heavy (non-hydrogen) atoms. The van der Waals surface area contributed by atoms with Gasteiger partial charge in [0.05, 0.1) is 6.54 Å². The van der Waals surface area contributed by atoms with E-state index in [1.165, 1.54) is 0 Å². The van der Waals surface area contributed by atoms with Crippen LogP contribution in [0.5, 0.6) is 0 Å². The van der Waals surface area contributed by atoms with Gasteiger partial charge in [-0.25, -0.2) is 8.78 Å². The Labute approximate surface area is 102 Å². The average molecular weight is 294 g/mol. The Morgan fingerprint density at radius 3 is 2.69 bits per heavy atom. The Kier molecular flexibility index (Phi) is 4.83. The summed E-state index contributed by atoms with van der Waals surface area (Å²) in [5, 5.41) is 11.0. The number of aliphatic hydroxyl groups excluding tert-OH is 1. The van der Waals surface area contributed by atoms with E-state index < -0.39 is 19.1 Å². The second-order valence-corrected chi connectivity index (χ2v) is 4.56. The molecule has 5 heteroatoms. The van der Waals surface area contributed by atoms with E-state index in [1.807, 2.05) is 25.1 Å². The standard InChI is InChI=1S/C11H14BrF2NO/c1-8-4-9(2-3-10(8)12)5-15-6-11(13,14)7-16/h2-4,15-16H,5-7H2,1H3. The minimum Gasteiger partial charge on any atom is -0.390 e. The minimum atomic E-state index is -3.05. The lowest BCUT2D eigenvalue weighted by atomic mass is 10.1. The molecule has 0 atom stereocenters. The molecule has 0 aliphatic rings. The molecule has 0 radical (unpaired) electrons. The number of alkyl halides is 2. The highest BCUT2D eigenvalue weighted by Gasteiger charge is 2.26. The molecule has 1 rings (SSSR count). The van der Waals surface area contributed by atoms with Crippen molar-refractivity contribution >= 4 is 15.9 Å². The maximum atomic E-state index is 12.7. The van der Waals surface area contributed by atoms with Crippen LogP contribution in [0.25, 0.3) is 0 Å². The molecule has 0 heterocycles. The van der Waals surface area contributed by atoms with Gasteiger partial charge in [-0.1, -0.05) is 28.1 Å². The maximum Gasteiger partial charge on any atom is 0.282 e. The third kappa shape index (κ3) is 4.15. The van der Waals surface area contributed by atoms with Crippen LogP contribution in [-0.2, 0) is 6.54 Å². The molecule has 90 valence electrons. The highest BCUT2D eigenvalue weighted by Crippen LogP contribution is 2.17. The van der Waals surface area contributed by atoms with Gasteiger partial charge in [-0.05, 0) is 24.1 Å². The first-order valence-electron chi connectivity index (χ1n) is 4.89. The van der Waals surface area contributed by atoms with Gasteiger partial charge in [0.1, 0.15) is 6.61 Å². The summed E-state index contributed by atoms with van der Waals surface area (Å²) < 4.78 is 26.4. The summed E-state index contributed by atoms with van der Waals surface area (Å²) in [6.45, 7) is 0.664. The van der Waals surface area contributed by atoms with Crippen molar-refractivity contribution in [1.82, 2.24) is 5.32 Å². The van der Waals surface area contributed by atoms with E-state index in [1.54, 1.807) is 0 Å². The first kappa shape index (κ1) is 13.5. The van der Waals surface area contributed by atoms with Crippen LogP contribution in [0.4, 0.5) is 8.78 Å². The van der Waals surface area contributed by atoms with Crippen LogP contribution in [0, 0.1) is 6.92 Å². The summed E-state index contributed by atoms with van der Waals surface area (Å²) in [6, 6.07) is 5.67. The summed E-state index contributed by atoms with van der Waals surface area (Å²) in [5.41, 5.74) is 2.00. The van der Waals surface area contributed by atoms with E-state index in [4.69, 9.17) is 5.11 Å². The molecular formula is C11H14BrF2NO. The Morgan fingerprint density at radius 2 is 2.12 bits per heavy atom. The zero-order valence-corrected chi connectivity index (χ0v) is 10.5. The first-order valence-corrected chi connectivity index (χ1v) is 5.68. The van der Waals surface area contributed by atoms with Gasteiger partial charge in [-0.15, -0.1) is 0 Å². The zero-order chi connectivity index (χ0) is 12.2. The number of aryl methyl sites for hydroxylation is 1. The lowest BCUT2D eigenvalue weighted by Gasteiger charge is -2.14. The zero-order valence-electron chi connectivity index (χ0n) is 8.93. The number of nitrogens with one attached hydrogen (secondary N) is 1. The van der Waals surface area contributed by atoms with Gasteiger partial charge >= 0.3 is 0 Å². The molecule has 1 aromatic rings. The molecule has 0 aliphatic heterocycles. The van der Waals surface area contributed by atoms with Crippen LogP contribution >= 0.6 is 15.9 Å². The van der Waals surface area contributed by atoms with Crippen LogP contribution in [0.1, 0.15) is 11.1 Å². The highest BCUT2D eigenvalue weighted by molar-refractivity contribution is 9.10. The van der Waals surface area contributed by atoms with Crippen molar-refractivity contribution in [2.45, 2.75) is 19.4 Å². The van der Waals surface area contributed by atoms with Gasteiger partial charge in [-0.3, -0.25) is 0 Å². The fraction of sp³-hybridized carbons (Fsp3) is 0.455. The monoisotopic (exact) mass is 293 g/mol. The number of aliphatic hydroxyl groups is 1. The van der Waals surface area contributed by atoms with Crippen molar-refractivity contribution in [3.8, 4) is 0 Å². The summed E-state index contributed by atoms with van der Waals surface area (Å²) in [5.74, 6) is -3.05. The molecule has 0 fully saturated rings. The minimum absolute atomic E-state index is 0.365. The molecule has 0 amide bonds. The van der Waals surface area contributed by atoms with E-state index in [0.717, 1.165) is 15.6 Å². The molecule has 0 saturated carbocycles. The Balaban J connectivity index is 2.46. The molecule has 1 aromatic carbocycles. The summed E-state index contributed by atoms with van der Waals surface area (Å²) in [4.78, 5) is 0. The number of rotatable bonds is 5. The Morgan fingerprint density at radius 1 is 1.44 bits per heavy atom. The van der Waals surface area contributed by atoms with Crippen molar-refractivity contribution in [2.24, 2.45) is 0 Å². The van der Waals surface area contributed by atoms with Crippen LogP contribution in [0.3, 0.4) is 0 Å². The third-order valence-corrected chi connectivity index (χ3v) is 3.06. The Hall–Kier alpha value is -0.520. The number of halogens is 3. The van der Waals surface area contributed by atoms with Crippen molar-refractivity contribution in [1.29, 1.82) is 0 Å². The van der Waals surface area contributed by atoms with Crippen molar-refractivity contribution < 1.29 is 13.9 Å². The van der Waals surface area contributed by atoms with Crippen LogP contribution in [0.15, 0.2) is 22.7 Å². The van der Waals surface area contributed by atoms with E-state index in [-0.39, 0.29) is 0 Å². The maximum absolute atomic E-state index is 12.7. The molecule has 0 saturated heterocycles. The number of hydrogen-bond donors (Lipinski definition) is 2. The van der Waals surface area contributed by atoms with Crippen LogP contribution in [0.2, 0.25) is 0 Å².